The second kappa shape index (κ2) is 9.46. The number of fused-ring (bicyclic) bond motifs is 1. The molecule has 0 aliphatic carbocycles. The van der Waals surface area contributed by atoms with Crippen LogP contribution in [0.25, 0.3) is 33.3 Å². The van der Waals surface area contributed by atoms with Crippen LogP contribution in [0, 0.1) is 0 Å². The molecule has 0 radical (unpaired) electrons. The van der Waals surface area contributed by atoms with Gasteiger partial charge in [-0.05, 0) is 36.2 Å². The van der Waals surface area contributed by atoms with Crippen molar-refractivity contribution in [1.82, 2.24) is 14.5 Å². The summed E-state index contributed by atoms with van der Waals surface area (Å²) < 4.78 is 6.53. The van der Waals surface area contributed by atoms with E-state index in [2.05, 4.69) is 9.97 Å². The van der Waals surface area contributed by atoms with Crippen molar-refractivity contribution in [3.8, 4) is 28.1 Å². The molecule has 5 aromatic rings. The van der Waals surface area contributed by atoms with Gasteiger partial charge in [0, 0.05) is 28.9 Å². The highest BCUT2D eigenvalue weighted by Crippen LogP contribution is 2.38. The second-order valence-corrected chi connectivity index (χ2v) is 8.34. The summed E-state index contributed by atoms with van der Waals surface area (Å²) >= 11 is 0. The Labute approximate surface area is 207 Å². The van der Waals surface area contributed by atoms with E-state index in [1.807, 2.05) is 67.6 Å². The smallest absolute Gasteiger partial charge is 0.360 e. The molecule has 1 N–H and O–H groups in total. The Morgan fingerprint density at radius 2 is 1.64 bits per heavy atom. The first kappa shape index (κ1) is 23.0. The van der Waals surface area contributed by atoms with Crippen LogP contribution >= 0.6 is 0 Å². The minimum absolute atomic E-state index is 0.236. The maximum atomic E-state index is 14.1. The third-order valence-electron chi connectivity index (χ3n) is 6.23. The first-order chi connectivity index (χ1) is 17.5. The Morgan fingerprint density at radius 3 is 2.28 bits per heavy atom. The average Bonchev–Trinajstić information content (AvgIpc) is 2.94. The van der Waals surface area contributed by atoms with Gasteiger partial charge < -0.3 is 9.84 Å². The zero-order chi connectivity index (χ0) is 25.2. The molecule has 178 valence electrons. The highest BCUT2D eigenvalue weighted by Gasteiger charge is 2.26. The van der Waals surface area contributed by atoms with Crippen LogP contribution in [0.1, 0.15) is 29.0 Å². The second-order valence-electron chi connectivity index (χ2n) is 8.34. The van der Waals surface area contributed by atoms with Crippen LogP contribution in [0.2, 0.25) is 0 Å². The van der Waals surface area contributed by atoms with Crippen molar-refractivity contribution >= 4 is 16.9 Å². The molecule has 1 unspecified atom stereocenters. The molecule has 0 aliphatic rings. The van der Waals surface area contributed by atoms with Crippen molar-refractivity contribution in [2.75, 3.05) is 7.11 Å². The molecule has 1 atom stereocenters. The van der Waals surface area contributed by atoms with Gasteiger partial charge in [-0.15, -0.1) is 0 Å². The number of rotatable bonds is 5. The van der Waals surface area contributed by atoms with Gasteiger partial charge in [0.25, 0.3) is 5.56 Å². The molecule has 0 aliphatic heterocycles. The number of benzene rings is 2. The van der Waals surface area contributed by atoms with E-state index < -0.39 is 12.0 Å². The largest absolute Gasteiger partial charge is 0.505 e. The van der Waals surface area contributed by atoms with E-state index in [-0.39, 0.29) is 17.0 Å². The summed E-state index contributed by atoms with van der Waals surface area (Å²) in [5, 5.41) is 11.6. The summed E-state index contributed by atoms with van der Waals surface area (Å²) in [5.41, 5.74) is 2.83. The predicted octanol–water partition coefficient (Wildman–Crippen LogP) is 5.23. The molecule has 0 spiro atoms. The van der Waals surface area contributed by atoms with Crippen molar-refractivity contribution in [1.29, 1.82) is 0 Å². The van der Waals surface area contributed by atoms with Crippen molar-refractivity contribution in [2.45, 2.75) is 13.0 Å². The van der Waals surface area contributed by atoms with Crippen LogP contribution < -0.4 is 5.56 Å². The first-order valence-corrected chi connectivity index (χ1v) is 11.4. The molecule has 36 heavy (non-hydrogen) atoms. The van der Waals surface area contributed by atoms with E-state index >= 15 is 0 Å². The molecule has 0 saturated heterocycles. The van der Waals surface area contributed by atoms with Gasteiger partial charge in [0.15, 0.2) is 11.4 Å². The van der Waals surface area contributed by atoms with Crippen LogP contribution in [-0.2, 0) is 4.74 Å². The van der Waals surface area contributed by atoms with E-state index in [0.717, 1.165) is 5.56 Å². The van der Waals surface area contributed by atoms with Crippen LogP contribution in [-0.4, -0.2) is 32.7 Å². The number of carbonyl (C=O) groups excluding carboxylic acids is 1. The fourth-order valence-electron chi connectivity index (χ4n) is 4.42. The van der Waals surface area contributed by atoms with Crippen molar-refractivity contribution in [3.63, 3.8) is 0 Å². The fraction of sp³-hybridized carbons (Fsp3) is 0.103. The number of aromatic nitrogens is 3. The summed E-state index contributed by atoms with van der Waals surface area (Å²) in [6.45, 7) is 1.92. The highest BCUT2D eigenvalue weighted by molar-refractivity contribution is 6.04. The lowest BCUT2D eigenvalue weighted by Crippen LogP contribution is -2.27. The lowest BCUT2D eigenvalue weighted by atomic mass is 9.99. The quantitative estimate of drug-likeness (QED) is 0.349. The van der Waals surface area contributed by atoms with Gasteiger partial charge in [0.2, 0.25) is 0 Å². The van der Waals surface area contributed by atoms with E-state index in [9.17, 15) is 14.7 Å². The maximum absolute atomic E-state index is 14.1. The third kappa shape index (κ3) is 3.90. The van der Waals surface area contributed by atoms with Crippen LogP contribution in [0.15, 0.2) is 96.1 Å². The number of esters is 1. The molecule has 3 heterocycles. The van der Waals surface area contributed by atoms with Gasteiger partial charge in [-0.3, -0.25) is 14.3 Å². The van der Waals surface area contributed by atoms with E-state index in [1.54, 1.807) is 35.2 Å². The number of nitrogens with zero attached hydrogens (tertiary/aromatic N) is 3. The molecule has 7 heteroatoms. The summed E-state index contributed by atoms with van der Waals surface area (Å²) in [5.74, 6) is -1.13. The molecular formula is C29H23N3O4. The Hall–Kier alpha value is -4.78. The van der Waals surface area contributed by atoms with Gasteiger partial charge in [-0.2, -0.15) is 0 Å². The molecule has 0 saturated carbocycles. The normalized spacial score (nSPS) is 11.8. The van der Waals surface area contributed by atoms with E-state index in [4.69, 9.17) is 4.74 Å². The molecule has 0 bridgehead atoms. The summed E-state index contributed by atoms with van der Waals surface area (Å²) in [7, 11) is 1.23. The fourth-order valence-corrected chi connectivity index (χ4v) is 4.42. The number of hydrogen-bond acceptors (Lipinski definition) is 6. The Bertz CT molecular complexity index is 1620. The molecule has 3 aromatic heterocycles. The Balaban J connectivity index is 1.98. The lowest BCUT2D eigenvalue weighted by molar-refractivity contribution is 0.0591. The zero-order valence-electron chi connectivity index (χ0n) is 19.8. The number of hydrogen-bond donors (Lipinski definition) is 1. The van der Waals surface area contributed by atoms with Gasteiger partial charge in [0.05, 0.1) is 24.4 Å². The Kier molecular flexibility index (Phi) is 6.04. The van der Waals surface area contributed by atoms with Crippen LogP contribution in [0.3, 0.4) is 0 Å². The van der Waals surface area contributed by atoms with Crippen molar-refractivity contribution < 1.29 is 14.6 Å². The summed E-state index contributed by atoms with van der Waals surface area (Å²) in [4.78, 5) is 35.4. The summed E-state index contributed by atoms with van der Waals surface area (Å²) in [6.07, 6.45) is 3.23. The first-order valence-electron chi connectivity index (χ1n) is 11.4. The van der Waals surface area contributed by atoms with Gasteiger partial charge in [-0.1, -0.05) is 60.7 Å². The van der Waals surface area contributed by atoms with Crippen LogP contribution in [0.4, 0.5) is 0 Å². The number of ether oxygens (including phenoxy) is 1. The van der Waals surface area contributed by atoms with Crippen LogP contribution in [0.5, 0.6) is 5.75 Å². The number of pyridine rings is 3. The van der Waals surface area contributed by atoms with E-state index in [0.29, 0.717) is 33.3 Å². The topological polar surface area (TPSA) is 94.3 Å². The van der Waals surface area contributed by atoms with Crippen molar-refractivity contribution in [3.05, 3.63) is 113 Å². The third-order valence-corrected chi connectivity index (χ3v) is 6.23. The van der Waals surface area contributed by atoms with Gasteiger partial charge in [0.1, 0.15) is 0 Å². The molecular weight excluding hydrogens is 454 g/mol. The Morgan fingerprint density at radius 1 is 0.972 bits per heavy atom. The van der Waals surface area contributed by atoms with Gasteiger partial charge >= 0.3 is 5.97 Å². The molecule has 0 fully saturated rings. The summed E-state index contributed by atoms with van der Waals surface area (Å²) in [6, 6.07) is 23.6. The minimum Gasteiger partial charge on any atom is -0.505 e. The van der Waals surface area contributed by atoms with E-state index in [1.165, 1.54) is 7.11 Å². The lowest BCUT2D eigenvalue weighted by Gasteiger charge is -2.23. The number of methoxy groups -OCH3 is 1. The van der Waals surface area contributed by atoms with Gasteiger partial charge in [-0.25, -0.2) is 9.78 Å². The zero-order valence-corrected chi connectivity index (χ0v) is 19.8. The SMILES string of the molecule is COC(=O)c1nc(-c2cccnc2)c2c(cc(-c3ccccc3)c(=O)n2C(C)c2ccccc2)c1O. The number of carbonyl (C=O) groups is 1. The number of aromatic hydroxyl groups is 1. The molecule has 5 rings (SSSR count). The molecule has 0 amide bonds. The highest BCUT2D eigenvalue weighted by atomic mass is 16.5. The predicted molar refractivity (Wildman–Crippen MR) is 138 cm³/mol. The standard InChI is InChI=1S/C29H23N3O4/c1-18(19-10-5-3-6-11-19)32-26-23(16-22(28(32)34)20-12-7-4-8-13-20)27(33)25(29(35)36-2)31-24(26)21-14-9-15-30-17-21/h3-18,33H,1-2H3. The molecule has 7 nitrogen and oxygen atoms in total. The monoisotopic (exact) mass is 477 g/mol. The minimum atomic E-state index is -0.783. The average molecular weight is 478 g/mol. The maximum Gasteiger partial charge on any atom is 0.360 e. The van der Waals surface area contributed by atoms with Crippen molar-refractivity contribution in [2.24, 2.45) is 0 Å². The molecule has 2 aromatic carbocycles.